The van der Waals surface area contributed by atoms with Crippen LogP contribution in [0.5, 0.6) is 0 Å². The Kier molecular flexibility index (Phi) is 19.6. The lowest BCUT2D eigenvalue weighted by molar-refractivity contribution is -0.131. The first-order valence-electron chi connectivity index (χ1n) is 22.2. The average Bonchev–Trinajstić information content (AvgIpc) is 4.08. The summed E-state index contributed by atoms with van der Waals surface area (Å²) >= 11 is 0. The molecule has 2 atom stereocenters. The molecule has 3 fully saturated rings. The van der Waals surface area contributed by atoms with Crippen LogP contribution in [-0.4, -0.2) is 131 Å². The second kappa shape index (κ2) is 24.0. The molecular formula is C46H76N8O5. The van der Waals surface area contributed by atoms with E-state index >= 15 is 0 Å². The second-order valence-corrected chi connectivity index (χ2v) is 16.7. The zero-order valence-corrected chi connectivity index (χ0v) is 37.8. The minimum atomic E-state index is -0.458. The number of hydrogen-bond acceptors (Lipinski definition) is 12. The average molecular weight is 821 g/mol. The molecular weight excluding hydrogens is 745 g/mol. The minimum absolute atomic E-state index is 0.217. The van der Waals surface area contributed by atoms with E-state index in [4.69, 9.17) is 24.9 Å². The third kappa shape index (κ3) is 13.5. The molecule has 330 valence electrons. The maximum absolute atomic E-state index is 11.3. The van der Waals surface area contributed by atoms with Crippen LogP contribution in [0.1, 0.15) is 97.4 Å². The van der Waals surface area contributed by atoms with Crippen LogP contribution < -0.4 is 21.0 Å². The minimum Gasteiger partial charge on any atom is -0.467 e. The van der Waals surface area contributed by atoms with Crippen molar-refractivity contribution in [3.63, 3.8) is 0 Å². The summed E-state index contributed by atoms with van der Waals surface area (Å²) in [6.45, 7) is 22.7. The van der Waals surface area contributed by atoms with Crippen molar-refractivity contribution >= 4 is 35.0 Å². The van der Waals surface area contributed by atoms with Gasteiger partial charge < -0.3 is 39.1 Å². The number of methoxy groups -OCH3 is 2. The van der Waals surface area contributed by atoms with Gasteiger partial charge in [-0.1, -0.05) is 27.7 Å². The highest BCUT2D eigenvalue weighted by Gasteiger charge is 2.33. The molecule has 3 N–H and O–H groups in total. The number of aryl methyl sites for hydroxylation is 1. The zero-order chi connectivity index (χ0) is 43.0. The number of aldehydes is 1. The first kappa shape index (κ1) is 48.1. The summed E-state index contributed by atoms with van der Waals surface area (Å²) in [6.07, 6.45) is 10.1. The number of rotatable bonds is 20. The van der Waals surface area contributed by atoms with E-state index in [-0.39, 0.29) is 11.5 Å². The number of nitrogens with zero attached hydrogens (tertiary/aromatic N) is 6. The Balaban J connectivity index is 0.000000763. The van der Waals surface area contributed by atoms with E-state index in [1.54, 1.807) is 14.2 Å². The van der Waals surface area contributed by atoms with Crippen molar-refractivity contribution in [2.45, 2.75) is 111 Å². The number of aromatic nitrogens is 2. The molecule has 13 nitrogen and oxygen atoms in total. The summed E-state index contributed by atoms with van der Waals surface area (Å²) in [5.41, 5.74) is 16.5. The number of carbonyl (C=O) groups is 2. The number of nitrogens with two attached hydrogens (primary N) is 1. The lowest BCUT2D eigenvalue weighted by Gasteiger charge is -2.36. The molecule has 3 aliphatic rings. The molecule has 2 aromatic heterocycles. The van der Waals surface area contributed by atoms with Crippen molar-refractivity contribution < 1.29 is 23.8 Å². The Morgan fingerprint density at radius 3 is 2.37 bits per heavy atom. The molecule has 13 heteroatoms. The summed E-state index contributed by atoms with van der Waals surface area (Å²) in [7, 11) is 5.53. The van der Waals surface area contributed by atoms with Crippen LogP contribution in [0.2, 0.25) is 0 Å². The van der Waals surface area contributed by atoms with Crippen LogP contribution in [0.15, 0.2) is 30.5 Å². The maximum atomic E-state index is 11.3. The lowest BCUT2D eigenvalue weighted by atomic mass is 9.84. The van der Waals surface area contributed by atoms with Crippen LogP contribution in [0.4, 0.5) is 11.4 Å². The normalized spacial score (nSPS) is 17.4. The second-order valence-electron chi connectivity index (χ2n) is 16.7. The largest absolute Gasteiger partial charge is 0.467 e. The lowest BCUT2D eigenvalue weighted by Crippen LogP contribution is -2.47. The van der Waals surface area contributed by atoms with E-state index in [2.05, 4.69) is 88.7 Å². The number of nitrogens with one attached hydrogen (secondary N) is 1. The van der Waals surface area contributed by atoms with Crippen LogP contribution in [0.3, 0.4) is 0 Å². The van der Waals surface area contributed by atoms with Gasteiger partial charge in [-0.15, -0.1) is 0 Å². The Morgan fingerprint density at radius 2 is 1.80 bits per heavy atom. The van der Waals surface area contributed by atoms with Crippen molar-refractivity contribution in [1.29, 1.82) is 0 Å². The number of hydrazine groups is 1. The quantitative estimate of drug-likeness (QED) is 0.121. The molecule has 0 spiro atoms. The van der Waals surface area contributed by atoms with Crippen LogP contribution >= 0.6 is 0 Å². The summed E-state index contributed by atoms with van der Waals surface area (Å²) in [5.74, 6) is 0. The molecule has 0 radical (unpaired) electrons. The van der Waals surface area contributed by atoms with Crippen molar-refractivity contribution in [1.82, 2.24) is 24.9 Å². The third-order valence-corrected chi connectivity index (χ3v) is 11.7. The molecule has 1 saturated carbocycles. The fourth-order valence-electron chi connectivity index (χ4n) is 8.24. The Labute approximate surface area is 354 Å². The highest BCUT2D eigenvalue weighted by molar-refractivity contribution is 5.95. The van der Waals surface area contributed by atoms with E-state index < -0.39 is 6.04 Å². The first-order valence-corrected chi connectivity index (χ1v) is 22.2. The fraction of sp³-hybridized carbons (Fsp3) is 0.674. The number of benzene rings is 1. The van der Waals surface area contributed by atoms with E-state index in [0.717, 1.165) is 104 Å². The van der Waals surface area contributed by atoms with Gasteiger partial charge in [-0.25, -0.2) is 5.01 Å². The Hall–Kier alpha value is -3.59. The monoisotopic (exact) mass is 821 g/mol. The van der Waals surface area contributed by atoms with Gasteiger partial charge in [0, 0.05) is 114 Å². The van der Waals surface area contributed by atoms with Crippen molar-refractivity contribution in [3.8, 4) is 11.3 Å². The van der Waals surface area contributed by atoms with Crippen molar-refractivity contribution in [3.05, 3.63) is 41.7 Å². The van der Waals surface area contributed by atoms with Gasteiger partial charge in [-0.3, -0.25) is 20.1 Å². The molecule has 0 bridgehead atoms. The molecule has 4 heterocycles. The summed E-state index contributed by atoms with van der Waals surface area (Å²) in [5, 5.41) is 3.30. The summed E-state index contributed by atoms with van der Waals surface area (Å²) in [4.78, 5) is 35.0. The predicted molar refractivity (Wildman–Crippen MR) is 241 cm³/mol. The van der Waals surface area contributed by atoms with Gasteiger partial charge in [0.05, 0.1) is 48.6 Å². The molecule has 0 amide bonds. The van der Waals surface area contributed by atoms with Crippen LogP contribution in [0.25, 0.3) is 22.2 Å². The summed E-state index contributed by atoms with van der Waals surface area (Å²) in [6, 6.07) is 9.34. The molecule has 6 rings (SSSR count). The molecule has 1 aromatic carbocycles. The molecule has 1 aliphatic carbocycles. The highest BCUT2D eigenvalue weighted by Crippen LogP contribution is 2.43. The molecule has 2 aliphatic heterocycles. The number of carbonyl (C=O) groups excluding carboxylic acids is 2. The maximum Gasteiger partial charge on any atom is 0.293 e. The molecule has 2 saturated heterocycles. The number of piperazine rings is 1. The number of ether oxygens (including phenoxy) is 3. The van der Waals surface area contributed by atoms with Gasteiger partial charge in [-0.05, 0) is 88.6 Å². The van der Waals surface area contributed by atoms with E-state index in [0.29, 0.717) is 39.1 Å². The molecule has 2 unspecified atom stereocenters. The topological polar surface area (TPSA) is 131 Å². The third-order valence-electron chi connectivity index (χ3n) is 11.7. The predicted octanol–water partition coefficient (Wildman–Crippen LogP) is 6.46. The smallest absolute Gasteiger partial charge is 0.293 e. The van der Waals surface area contributed by atoms with Gasteiger partial charge in [0.1, 0.15) is 6.29 Å². The van der Waals surface area contributed by atoms with E-state index in [1.807, 2.05) is 20.0 Å². The number of pyridine rings is 1. The number of hydrogen-bond donors (Lipinski definition) is 2. The van der Waals surface area contributed by atoms with Crippen LogP contribution in [-0.2, 0) is 36.8 Å². The van der Waals surface area contributed by atoms with Gasteiger partial charge in [0.15, 0.2) is 0 Å². The van der Waals surface area contributed by atoms with E-state index in [9.17, 15) is 9.59 Å². The van der Waals surface area contributed by atoms with Gasteiger partial charge in [0.2, 0.25) is 0 Å². The summed E-state index contributed by atoms with van der Waals surface area (Å²) < 4.78 is 19.2. The van der Waals surface area contributed by atoms with Gasteiger partial charge >= 0.3 is 0 Å². The van der Waals surface area contributed by atoms with Crippen molar-refractivity contribution in [2.24, 2.45) is 11.1 Å². The molecule has 3 aromatic rings. The highest BCUT2D eigenvalue weighted by atomic mass is 16.5. The first-order chi connectivity index (χ1) is 28.5. The fourth-order valence-corrected chi connectivity index (χ4v) is 8.24. The molecule has 59 heavy (non-hydrogen) atoms. The van der Waals surface area contributed by atoms with Crippen LogP contribution in [0, 0.1) is 5.41 Å². The Morgan fingerprint density at radius 1 is 1.05 bits per heavy atom. The van der Waals surface area contributed by atoms with Gasteiger partial charge in [-0.2, -0.15) is 0 Å². The number of anilines is 2. The zero-order valence-electron chi connectivity index (χ0n) is 37.8. The Bertz CT molecular complexity index is 1710. The van der Waals surface area contributed by atoms with E-state index in [1.165, 1.54) is 37.8 Å². The standard InChI is InChI=1S/C39H58N6O5.C5H12N2.C2H6/c1-7-45-36-13-12-31(42(19-20-48-5)14-8-9-29(40)25-46)21-33(36)35(23-39(3,4)26-50-27-47)38(45)34-22-32(24-41-37(34)28(2)49-6)44-17-15-43(16-18-44)30-10-11-30;1-7-5-3-2-4-6-7;1-2/h12-13,21-22,24-25,27-30H,7-11,14-20,23,26,40H2,1-6H3;6H,2-5H2,1H3;1-2H3. The SMILES string of the molecule is CC.CCn1c(-c2cc(N3CCN(C4CC4)CC3)cnc2C(C)OC)c(CC(C)(C)COC=O)c2cc(N(CCCC(N)C=O)CCOC)ccc21.CN1CCCCN1. The number of fused-ring (bicyclic) bond motifs is 1. The van der Waals surface area contributed by atoms with Gasteiger partial charge in [0.25, 0.3) is 6.47 Å². The van der Waals surface area contributed by atoms with Crippen molar-refractivity contribution in [2.75, 3.05) is 96.6 Å².